The maximum absolute atomic E-state index is 13.3. The van der Waals surface area contributed by atoms with Crippen molar-refractivity contribution in [3.8, 4) is 0 Å². The normalized spacial score (nSPS) is 11.3. The van der Waals surface area contributed by atoms with Crippen LogP contribution in [0.15, 0.2) is 57.8 Å². The Bertz CT molecular complexity index is 1120. The van der Waals surface area contributed by atoms with Gasteiger partial charge in [0.1, 0.15) is 6.54 Å². The van der Waals surface area contributed by atoms with Gasteiger partial charge in [-0.15, -0.1) is 10.2 Å². The van der Waals surface area contributed by atoms with E-state index in [2.05, 4.69) is 15.5 Å². The largest absolute Gasteiger partial charge is 0.299 e. The first kappa shape index (κ1) is 21.8. The second-order valence-electron chi connectivity index (χ2n) is 5.55. The van der Waals surface area contributed by atoms with Gasteiger partial charge in [0.25, 0.3) is 10.0 Å². The molecule has 0 aliphatic carbocycles. The number of aromatic nitrogens is 2. The number of hydrogen-bond acceptors (Lipinski definition) is 7. The summed E-state index contributed by atoms with van der Waals surface area (Å²) in [5, 5.41) is 11.0. The lowest BCUT2D eigenvalue weighted by Crippen LogP contribution is -2.38. The molecule has 3 rings (SSSR count). The summed E-state index contributed by atoms with van der Waals surface area (Å²) in [6.45, 7) is -0.522. The van der Waals surface area contributed by atoms with Crippen molar-refractivity contribution in [2.75, 3.05) is 22.4 Å². The first-order valence-electron chi connectivity index (χ1n) is 8.01. The van der Waals surface area contributed by atoms with Gasteiger partial charge in [0.05, 0.1) is 15.6 Å². The number of carbonyl (C=O) groups is 1. The molecule has 3 aromatic rings. The molecular weight excluding hydrogens is 475 g/mol. The zero-order valence-electron chi connectivity index (χ0n) is 14.9. The first-order valence-corrected chi connectivity index (χ1v) is 12.2. The van der Waals surface area contributed by atoms with Crippen LogP contribution in [0.5, 0.6) is 0 Å². The van der Waals surface area contributed by atoms with Crippen LogP contribution in [0.25, 0.3) is 0 Å². The van der Waals surface area contributed by atoms with E-state index in [0.29, 0.717) is 4.34 Å². The molecule has 0 bridgehead atoms. The number of benzene rings is 2. The van der Waals surface area contributed by atoms with Crippen molar-refractivity contribution in [3.05, 3.63) is 58.6 Å². The molecule has 7 nitrogen and oxygen atoms in total. The highest BCUT2D eigenvalue weighted by Crippen LogP contribution is 2.33. The average molecular weight is 489 g/mol. The Kier molecular flexibility index (Phi) is 7.01. The second-order valence-corrected chi connectivity index (χ2v) is 10.3. The summed E-state index contributed by atoms with van der Waals surface area (Å²) >= 11 is 14.8. The van der Waals surface area contributed by atoms with Crippen LogP contribution in [0.3, 0.4) is 0 Å². The number of nitrogens with one attached hydrogen (secondary N) is 1. The zero-order valence-corrected chi connectivity index (χ0v) is 18.8. The Labute approximate surface area is 186 Å². The highest BCUT2D eigenvalue weighted by atomic mass is 35.5. The standard InChI is InChI=1S/C17H14Cl2N4O3S3/c1-27-17-22-21-16(28-17)20-15(24)10-23(14-9-11(18)7-8-13(14)19)29(25,26)12-5-3-2-4-6-12/h2-9H,10H2,1H3,(H,20,21,24). The Balaban J connectivity index is 1.96. The fourth-order valence-corrected chi connectivity index (χ4v) is 5.40. The molecule has 0 aliphatic heterocycles. The molecule has 1 aromatic heterocycles. The first-order chi connectivity index (χ1) is 13.8. The summed E-state index contributed by atoms with van der Waals surface area (Å²) < 4.78 is 28.1. The summed E-state index contributed by atoms with van der Waals surface area (Å²) in [5.74, 6) is -0.593. The number of anilines is 2. The Morgan fingerprint density at radius 1 is 1.17 bits per heavy atom. The average Bonchev–Trinajstić information content (AvgIpc) is 3.16. The van der Waals surface area contributed by atoms with Crippen LogP contribution < -0.4 is 9.62 Å². The fourth-order valence-electron chi connectivity index (χ4n) is 2.33. The number of amides is 1. The van der Waals surface area contributed by atoms with Gasteiger partial charge in [0.2, 0.25) is 11.0 Å². The SMILES string of the molecule is CSc1nnc(NC(=O)CN(c2cc(Cl)ccc2Cl)S(=O)(=O)c2ccccc2)s1. The predicted octanol–water partition coefficient (Wildman–Crippen LogP) is 4.40. The maximum atomic E-state index is 13.3. The zero-order chi connectivity index (χ0) is 21.0. The smallest absolute Gasteiger partial charge is 0.264 e. The molecule has 0 fully saturated rings. The van der Waals surface area contributed by atoms with E-state index >= 15 is 0 Å². The van der Waals surface area contributed by atoms with Gasteiger partial charge in [-0.25, -0.2) is 8.42 Å². The van der Waals surface area contributed by atoms with E-state index in [0.717, 1.165) is 4.31 Å². The molecule has 152 valence electrons. The molecule has 0 radical (unpaired) electrons. The highest BCUT2D eigenvalue weighted by molar-refractivity contribution is 8.00. The van der Waals surface area contributed by atoms with E-state index in [1.807, 2.05) is 6.26 Å². The minimum Gasteiger partial charge on any atom is -0.299 e. The van der Waals surface area contributed by atoms with Crippen LogP contribution in [-0.4, -0.2) is 37.3 Å². The number of rotatable bonds is 7. The van der Waals surface area contributed by atoms with Crippen LogP contribution in [-0.2, 0) is 14.8 Å². The Hall–Kier alpha value is -1.85. The minimum absolute atomic E-state index is 0.0180. The van der Waals surface area contributed by atoms with Gasteiger partial charge in [-0.3, -0.25) is 14.4 Å². The molecule has 29 heavy (non-hydrogen) atoms. The number of sulfonamides is 1. The molecule has 0 saturated heterocycles. The van der Waals surface area contributed by atoms with Gasteiger partial charge in [0.15, 0.2) is 4.34 Å². The third-order valence-corrected chi connectivity index (χ3v) is 7.77. The third kappa shape index (κ3) is 5.20. The van der Waals surface area contributed by atoms with Crippen molar-refractivity contribution in [2.45, 2.75) is 9.24 Å². The Morgan fingerprint density at radius 2 is 1.90 bits per heavy atom. The number of thioether (sulfide) groups is 1. The third-order valence-electron chi connectivity index (χ3n) is 3.62. The number of nitrogens with zero attached hydrogens (tertiary/aromatic N) is 3. The van der Waals surface area contributed by atoms with Gasteiger partial charge < -0.3 is 0 Å². The molecular formula is C17H14Cl2N4O3S3. The second kappa shape index (κ2) is 9.31. The number of hydrogen-bond donors (Lipinski definition) is 1. The molecule has 1 N–H and O–H groups in total. The molecule has 0 unspecified atom stereocenters. The predicted molar refractivity (Wildman–Crippen MR) is 118 cm³/mol. The van der Waals surface area contributed by atoms with Gasteiger partial charge in [-0.05, 0) is 36.6 Å². The lowest BCUT2D eigenvalue weighted by Gasteiger charge is -2.25. The summed E-state index contributed by atoms with van der Waals surface area (Å²) in [6, 6.07) is 12.2. The van der Waals surface area contributed by atoms with Crippen LogP contribution >= 0.6 is 46.3 Å². The van der Waals surface area contributed by atoms with E-state index < -0.39 is 22.5 Å². The van der Waals surface area contributed by atoms with Gasteiger partial charge in [0, 0.05) is 5.02 Å². The summed E-state index contributed by atoms with van der Waals surface area (Å²) in [7, 11) is -4.09. The highest BCUT2D eigenvalue weighted by Gasteiger charge is 2.29. The molecule has 0 spiro atoms. The van der Waals surface area contributed by atoms with Crippen molar-refractivity contribution in [1.29, 1.82) is 0 Å². The topological polar surface area (TPSA) is 92.3 Å². The van der Waals surface area contributed by atoms with Crippen molar-refractivity contribution in [2.24, 2.45) is 0 Å². The minimum atomic E-state index is -4.09. The van der Waals surface area contributed by atoms with Gasteiger partial charge in [-0.2, -0.15) is 0 Å². The van der Waals surface area contributed by atoms with Crippen LogP contribution in [0.2, 0.25) is 10.0 Å². The maximum Gasteiger partial charge on any atom is 0.264 e. The van der Waals surface area contributed by atoms with E-state index in [4.69, 9.17) is 23.2 Å². The number of halogens is 2. The molecule has 0 atom stereocenters. The van der Waals surface area contributed by atoms with Crippen molar-refractivity contribution in [1.82, 2.24) is 10.2 Å². The van der Waals surface area contributed by atoms with Crippen molar-refractivity contribution in [3.63, 3.8) is 0 Å². The number of carbonyl (C=O) groups excluding carboxylic acids is 1. The van der Waals surface area contributed by atoms with Crippen molar-refractivity contribution < 1.29 is 13.2 Å². The quantitative estimate of drug-likeness (QED) is 0.391. The van der Waals surface area contributed by atoms with Gasteiger partial charge >= 0.3 is 0 Å². The monoisotopic (exact) mass is 488 g/mol. The molecule has 12 heteroatoms. The fraction of sp³-hybridized carbons (Fsp3) is 0.118. The van der Waals surface area contributed by atoms with Gasteiger partial charge in [-0.1, -0.05) is 64.5 Å². The molecule has 1 heterocycles. The van der Waals surface area contributed by atoms with Crippen LogP contribution in [0, 0.1) is 0 Å². The van der Waals surface area contributed by atoms with E-state index in [9.17, 15) is 13.2 Å². The molecule has 2 aromatic carbocycles. The molecule has 0 aliphatic rings. The van der Waals surface area contributed by atoms with E-state index in [1.54, 1.807) is 18.2 Å². The summed E-state index contributed by atoms with van der Waals surface area (Å²) in [6.07, 6.45) is 1.83. The van der Waals surface area contributed by atoms with E-state index in [-0.39, 0.29) is 25.8 Å². The lowest BCUT2D eigenvalue weighted by atomic mass is 10.3. The lowest BCUT2D eigenvalue weighted by molar-refractivity contribution is -0.114. The van der Waals surface area contributed by atoms with Crippen molar-refractivity contribution >= 4 is 73.0 Å². The van der Waals surface area contributed by atoms with Crippen LogP contribution in [0.4, 0.5) is 10.8 Å². The van der Waals surface area contributed by atoms with Crippen LogP contribution in [0.1, 0.15) is 0 Å². The summed E-state index contributed by atoms with van der Waals surface area (Å²) in [4.78, 5) is 12.6. The summed E-state index contributed by atoms with van der Waals surface area (Å²) in [5.41, 5.74) is 0.0974. The van der Waals surface area contributed by atoms with E-state index in [1.165, 1.54) is 53.4 Å². The molecule has 1 amide bonds. The Morgan fingerprint density at radius 3 is 2.55 bits per heavy atom. The molecule has 0 saturated carbocycles.